The van der Waals surface area contributed by atoms with Crippen LogP contribution in [0.15, 0.2) is 12.1 Å². The summed E-state index contributed by atoms with van der Waals surface area (Å²) in [5.74, 6) is 0.132. The van der Waals surface area contributed by atoms with Crippen molar-refractivity contribution in [2.45, 2.75) is 32.3 Å². The molecule has 0 spiro atoms. The van der Waals surface area contributed by atoms with Gasteiger partial charge in [-0.2, -0.15) is 0 Å². The normalized spacial score (nSPS) is 20.3. The molecular weight excluding hydrogens is 300 g/mol. The first kappa shape index (κ1) is 15.7. The summed E-state index contributed by atoms with van der Waals surface area (Å²) in [6.45, 7) is 6.62. The highest BCUT2D eigenvalue weighted by Gasteiger charge is 2.44. The van der Waals surface area contributed by atoms with Crippen molar-refractivity contribution in [2.24, 2.45) is 0 Å². The number of ether oxygens (including phenoxy) is 1. The number of amides is 1. The molecule has 8 nitrogen and oxygen atoms in total. The van der Waals surface area contributed by atoms with Crippen molar-refractivity contribution >= 4 is 17.5 Å². The Balaban J connectivity index is 1.90. The molecule has 0 bridgehead atoms. The van der Waals surface area contributed by atoms with Gasteiger partial charge in [0.25, 0.3) is 11.7 Å². The van der Waals surface area contributed by atoms with Gasteiger partial charge in [-0.05, 0) is 55.8 Å². The highest BCUT2D eigenvalue weighted by atomic mass is 16.6. The molecule has 124 valence electrons. The summed E-state index contributed by atoms with van der Waals surface area (Å²) in [5, 5.41) is 11.0. The molecule has 0 aromatic carbocycles. The number of carbonyl (C=O) groups excluding carboxylic acids is 1. The average Bonchev–Trinajstić information content (AvgIpc) is 3.00. The predicted octanol–water partition coefficient (Wildman–Crippen LogP) is 1.59. The van der Waals surface area contributed by atoms with E-state index in [0.717, 1.165) is 19.6 Å². The summed E-state index contributed by atoms with van der Waals surface area (Å²) in [6.07, 6.45) is 2.34. The molecule has 1 saturated heterocycles. The summed E-state index contributed by atoms with van der Waals surface area (Å²) in [5.41, 5.74) is -1.00. The van der Waals surface area contributed by atoms with E-state index >= 15 is 0 Å². The minimum Gasteiger partial charge on any atom is -0.472 e. The standard InChI is InChI=1S/C15H20N4O4/c1-15(2)14(20)18(10-9-17-7-3-4-8-17)13-11(23-15)5-6-12(16-13)19(21)22/h5-6H,3-4,7-10H2,1-2H3. The van der Waals surface area contributed by atoms with Crippen LogP contribution in [0.25, 0.3) is 0 Å². The molecule has 2 aliphatic rings. The van der Waals surface area contributed by atoms with Crippen LogP contribution >= 0.6 is 0 Å². The molecule has 0 aliphatic carbocycles. The number of carbonyl (C=O) groups is 1. The minimum atomic E-state index is -1.00. The second-order valence-electron chi connectivity index (χ2n) is 6.37. The van der Waals surface area contributed by atoms with E-state index in [4.69, 9.17) is 4.74 Å². The number of rotatable bonds is 4. The second kappa shape index (κ2) is 5.77. The van der Waals surface area contributed by atoms with Gasteiger partial charge in [-0.25, -0.2) is 0 Å². The van der Waals surface area contributed by atoms with E-state index in [1.807, 2.05) is 0 Å². The first-order valence-electron chi connectivity index (χ1n) is 7.77. The lowest BCUT2D eigenvalue weighted by molar-refractivity contribution is -0.389. The van der Waals surface area contributed by atoms with Gasteiger partial charge in [0.15, 0.2) is 11.4 Å². The molecule has 1 aromatic rings. The predicted molar refractivity (Wildman–Crippen MR) is 83.6 cm³/mol. The number of aromatic nitrogens is 1. The number of pyridine rings is 1. The van der Waals surface area contributed by atoms with Crippen molar-refractivity contribution in [3.05, 3.63) is 22.2 Å². The van der Waals surface area contributed by atoms with Gasteiger partial charge in [0.1, 0.15) is 0 Å². The lowest BCUT2D eigenvalue weighted by Crippen LogP contribution is -2.54. The molecule has 2 aliphatic heterocycles. The van der Waals surface area contributed by atoms with Gasteiger partial charge in [-0.15, -0.1) is 0 Å². The van der Waals surface area contributed by atoms with E-state index in [1.54, 1.807) is 13.8 Å². The van der Waals surface area contributed by atoms with Gasteiger partial charge in [0.05, 0.1) is 0 Å². The van der Waals surface area contributed by atoms with Gasteiger partial charge < -0.3 is 19.8 Å². The van der Waals surface area contributed by atoms with Crippen molar-refractivity contribution in [1.82, 2.24) is 9.88 Å². The molecular formula is C15H20N4O4. The lowest BCUT2D eigenvalue weighted by Gasteiger charge is -2.36. The topological polar surface area (TPSA) is 88.8 Å². The summed E-state index contributed by atoms with van der Waals surface area (Å²) < 4.78 is 5.68. The smallest absolute Gasteiger partial charge is 0.366 e. The zero-order valence-electron chi connectivity index (χ0n) is 13.3. The van der Waals surface area contributed by atoms with Crippen molar-refractivity contribution in [3.63, 3.8) is 0 Å². The number of anilines is 1. The summed E-state index contributed by atoms with van der Waals surface area (Å²) in [7, 11) is 0. The summed E-state index contributed by atoms with van der Waals surface area (Å²) in [6, 6.07) is 2.81. The molecule has 0 atom stereocenters. The minimum absolute atomic E-state index is 0.225. The van der Waals surface area contributed by atoms with E-state index in [-0.39, 0.29) is 17.5 Å². The maximum atomic E-state index is 12.7. The number of nitro groups is 1. The Kier molecular flexibility index (Phi) is 3.93. The zero-order valence-corrected chi connectivity index (χ0v) is 13.3. The first-order chi connectivity index (χ1) is 10.9. The number of nitrogens with zero attached hydrogens (tertiary/aromatic N) is 4. The average molecular weight is 320 g/mol. The Hall–Kier alpha value is -2.22. The van der Waals surface area contributed by atoms with Crippen LogP contribution in [0, 0.1) is 10.1 Å². The number of hydrogen-bond acceptors (Lipinski definition) is 6. The Morgan fingerprint density at radius 1 is 1.30 bits per heavy atom. The molecule has 0 saturated carbocycles. The van der Waals surface area contributed by atoms with Crippen molar-refractivity contribution in [3.8, 4) is 5.75 Å². The van der Waals surface area contributed by atoms with Gasteiger partial charge >= 0.3 is 5.82 Å². The largest absolute Gasteiger partial charge is 0.472 e. The maximum Gasteiger partial charge on any atom is 0.366 e. The van der Waals surface area contributed by atoms with E-state index in [9.17, 15) is 14.9 Å². The Labute approximate surface area is 134 Å². The number of fused-ring (bicyclic) bond motifs is 1. The Morgan fingerprint density at radius 2 is 2.00 bits per heavy atom. The SMILES string of the molecule is CC1(C)Oc2ccc([N+](=O)[O-])nc2N(CCN2CCCC2)C1=O. The van der Waals surface area contributed by atoms with Gasteiger partial charge in [0.2, 0.25) is 0 Å². The highest BCUT2D eigenvalue weighted by Crippen LogP contribution is 2.37. The van der Waals surface area contributed by atoms with E-state index in [2.05, 4.69) is 9.88 Å². The quantitative estimate of drug-likeness (QED) is 0.618. The van der Waals surface area contributed by atoms with Crippen LogP contribution in [0.4, 0.5) is 11.6 Å². The fourth-order valence-corrected chi connectivity index (χ4v) is 3.00. The monoisotopic (exact) mass is 320 g/mol. The van der Waals surface area contributed by atoms with Crippen molar-refractivity contribution < 1.29 is 14.5 Å². The molecule has 0 unspecified atom stereocenters. The molecule has 1 amide bonds. The second-order valence-corrected chi connectivity index (χ2v) is 6.37. The first-order valence-corrected chi connectivity index (χ1v) is 7.77. The molecule has 3 heterocycles. The van der Waals surface area contributed by atoms with Gasteiger partial charge in [-0.1, -0.05) is 0 Å². The van der Waals surface area contributed by atoms with E-state index < -0.39 is 10.5 Å². The molecule has 1 aromatic heterocycles. The third kappa shape index (κ3) is 2.98. The van der Waals surface area contributed by atoms with Crippen LogP contribution in [0.2, 0.25) is 0 Å². The van der Waals surface area contributed by atoms with Gasteiger partial charge in [-0.3, -0.25) is 9.69 Å². The van der Waals surface area contributed by atoms with Crippen LogP contribution in [-0.2, 0) is 4.79 Å². The van der Waals surface area contributed by atoms with Gasteiger partial charge in [0, 0.05) is 19.2 Å². The van der Waals surface area contributed by atoms with Crippen molar-refractivity contribution in [1.29, 1.82) is 0 Å². The highest BCUT2D eigenvalue weighted by molar-refractivity contribution is 6.01. The van der Waals surface area contributed by atoms with Crippen LogP contribution in [0.1, 0.15) is 26.7 Å². The van der Waals surface area contributed by atoms with Crippen LogP contribution < -0.4 is 9.64 Å². The fourth-order valence-electron chi connectivity index (χ4n) is 3.00. The molecule has 23 heavy (non-hydrogen) atoms. The van der Waals surface area contributed by atoms with Crippen LogP contribution in [0.5, 0.6) is 5.75 Å². The Bertz CT molecular complexity index is 640. The summed E-state index contributed by atoms with van der Waals surface area (Å²) in [4.78, 5) is 30.9. The fraction of sp³-hybridized carbons (Fsp3) is 0.600. The number of hydrogen-bond donors (Lipinski definition) is 0. The number of likely N-dealkylation sites (tertiary alicyclic amines) is 1. The molecule has 3 rings (SSSR count). The molecule has 0 radical (unpaired) electrons. The Morgan fingerprint density at radius 3 is 2.65 bits per heavy atom. The van der Waals surface area contributed by atoms with Crippen LogP contribution in [0.3, 0.4) is 0 Å². The van der Waals surface area contributed by atoms with Crippen molar-refractivity contribution in [2.75, 3.05) is 31.1 Å². The third-order valence-electron chi connectivity index (χ3n) is 4.23. The van der Waals surface area contributed by atoms with E-state index in [0.29, 0.717) is 12.3 Å². The zero-order chi connectivity index (χ0) is 16.6. The lowest BCUT2D eigenvalue weighted by atomic mass is 10.1. The third-order valence-corrected chi connectivity index (χ3v) is 4.23. The van der Waals surface area contributed by atoms with E-state index in [1.165, 1.54) is 29.9 Å². The maximum absolute atomic E-state index is 12.7. The molecule has 0 N–H and O–H groups in total. The molecule has 8 heteroatoms. The summed E-state index contributed by atoms with van der Waals surface area (Å²) >= 11 is 0. The van der Waals surface area contributed by atoms with Crippen LogP contribution in [-0.4, -0.2) is 52.5 Å². The molecule has 1 fully saturated rings.